The number of aryl methyl sites for hydroxylation is 1. The van der Waals surface area contributed by atoms with Crippen molar-refractivity contribution in [2.45, 2.75) is 51.6 Å². The van der Waals surface area contributed by atoms with Gasteiger partial charge in [-0.05, 0) is 81.5 Å². The summed E-state index contributed by atoms with van der Waals surface area (Å²) >= 11 is 0. The third-order valence-electron chi connectivity index (χ3n) is 7.58. The predicted molar refractivity (Wildman–Crippen MR) is 138 cm³/mol. The lowest BCUT2D eigenvalue weighted by Gasteiger charge is -2.46. The predicted octanol–water partition coefficient (Wildman–Crippen LogP) is 4.64. The van der Waals surface area contributed by atoms with Crippen LogP contribution in [-0.4, -0.2) is 59.6 Å². The van der Waals surface area contributed by atoms with Gasteiger partial charge in [0.15, 0.2) is 0 Å². The fraction of sp³-hybridized carbons (Fsp3) is 0.414. The molecule has 1 saturated heterocycles. The molecule has 2 heterocycles. The van der Waals surface area contributed by atoms with Gasteiger partial charge >= 0.3 is 6.03 Å². The van der Waals surface area contributed by atoms with Crippen molar-refractivity contribution in [3.63, 3.8) is 0 Å². The Morgan fingerprint density at radius 1 is 1.18 bits per heavy atom. The number of aromatic nitrogens is 1. The van der Waals surface area contributed by atoms with Gasteiger partial charge in [0.05, 0.1) is 5.69 Å². The van der Waals surface area contributed by atoms with E-state index in [9.17, 15) is 4.79 Å². The first-order valence-electron chi connectivity index (χ1n) is 12.5. The van der Waals surface area contributed by atoms with Crippen molar-refractivity contribution >= 4 is 16.9 Å². The van der Waals surface area contributed by atoms with Gasteiger partial charge in [0.25, 0.3) is 0 Å². The SMILES string of the molecule is CCN(CC)C(=O)N[C@H]1CC2c3cccc4[nH]c(C#Cc5cccc(C)c5)c(c34)C[C@H]2N(C)C1. The van der Waals surface area contributed by atoms with E-state index in [0.717, 1.165) is 49.2 Å². The van der Waals surface area contributed by atoms with Crippen LogP contribution in [0.1, 0.15) is 54.1 Å². The Kier molecular flexibility index (Phi) is 6.10. The number of likely N-dealkylation sites (N-methyl/N-ethyl adjacent to an activating group) is 1. The second-order valence-electron chi connectivity index (χ2n) is 9.74. The number of urea groups is 1. The van der Waals surface area contributed by atoms with E-state index >= 15 is 0 Å². The summed E-state index contributed by atoms with van der Waals surface area (Å²) in [5.41, 5.74) is 7.19. The number of nitrogens with one attached hydrogen (secondary N) is 2. The van der Waals surface area contributed by atoms with E-state index in [0.29, 0.717) is 12.0 Å². The monoisotopic (exact) mass is 454 g/mol. The van der Waals surface area contributed by atoms with E-state index in [2.05, 4.69) is 83.5 Å². The summed E-state index contributed by atoms with van der Waals surface area (Å²) in [6, 6.07) is 15.5. The molecule has 3 atom stereocenters. The summed E-state index contributed by atoms with van der Waals surface area (Å²) in [6.45, 7) is 8.49. The Morgan fingerprint density at radius 2 is 1.97 bits per heavy atom. The highest BCUT2D eigenvalue weighted by Crippen LogP contribution is 2.44. The molecule has 5 heteroatoms. The number of nitrogens with zero attached hydrogens (tertiary/aromatic N) is 2. The average molecular weight is 455 g/mol. The number of rotatable bonds is 3. The molecule has 2 aliphatic rings. The highest BCUT2D eigenvalue weighted by Gasteiger charge is 2.40. The molecule has 1 aliphatic heterocycles. The van der Waals surface area contributed by atoms with Gasteiger partial charge in [0, 0.05) is 54.1 Å². The van der Waals surface area contributed by atoms with Crippen LogP contribution in [0.4, 0.5) is 4.79 Å². The van der Waals surface area contributed by atoms with Crippen molar-refractivity contribution in [1.29, 1.82) is 0 Å². The summed E-state index contributed by atoms with van der Waals surface area (Å²) < 4.78 is 0. The van der Waals surface area contributed by atoms with Crippen LogP contribution >= 0.6 is 0 Å². The van der Waals surface area contributed by atoms with Crippen LogP contribution in [0.3, 0.4) is 0 Å². The number of hydrogen-bond acceptors (Lipinski definition) is 2. The highest BCUT2D eigenvalue weighted by atomic mass is 16.2. The number of amides is 2. The lowest BCUT2D eigenvalue weighted by Crippen LogP contribution is -2.56. The molecule has 176 valence electrons. The minimum atomic E-state index is 0.0481. The zero-order valence-corrected chi connectivity index (χ0v) is 20.6. The molecule has 0 radical (unpaired) electrons. The molecule has 1 aliphatic carbocycles. The number of carbonyl (C=O) groups is 1. The molecular formula is C29H34N4O. The highest BCUT2D eigenvalue weighted by molar-refractivity contribution is 5.91. The first kappa shape index (κ1) is 22.6. The summed E-state index contributed by atoms with van der Waals surface area (Å²) in [6.07, 6.45) is 1.95. The Labute approximate surface area is 202 Å². The van der Waals surface area contributed by atoms with E-state index in [4.69, 9.17) is 0 Å². The standard InChI is InChI=1S/C29H34N4O/c1-5-33(6-2)29(34)30-21-16-23-22-11-8-12-26-28(22)24(17-27(23)32(4)18-21)25(31-26)14-13-20-10-7-9-19(3)15-20/h7-12,15,21,23,27,31H,5-6,16-18H2,1-4H3,(H,30,34)/t21-,23?,27+/m0/s1. The molecule has 5 rings (SSSR count). The van der Waals surface area contributed by atoms with Crippen molar-refractivity contribution < 1.29 is 4.79 Å². The van der Waals surface area contributed by atoms with Gasteiger partial charge in [-0.1, -0.05) is 30.2 Å². The number of piperidine rings is 1. The van der Waals surface area contributed by atoms with Crippen molar-refractivity contribution in [1.82, 2.24) is 20.1 Å². The molecule has 3 aromatic rings. The molecule has 1 unspecified atom stereocenters. The van der Waals surface area contributed by atoms with Crippen LogP contribution < -0.4 is 5.32 Å². The van der Waals surface area contributed by atoms with E-state index in [1.54, 1.807) is 0 Å². The number of fused-ring (bicyclic) bond motifs is 2. The third kappa shape index (κ3) is 4.08. The number of H-pyrrole nitrogens is 1. The van der Waals surface area contributed by atoms with Gasteiger partial charge < -0.3 is 20.1 Å². The molecule has 5 nitrogen and oxygen atoms in total. The van der Waals surface area contributed by atoms with E-state index in [1.165, 1.54) is 22.1 Å². The Bertz CT molecular complexity index is 1280. The van der Waals surface area contributed by atoms with Gasteiger partial charge in [0.1, 0.15) is 0 Å². The molecule has 34 heavy (non-hydrogen) atoms. The van der Waals surface area contributed by atoms with Crippen LogP contribution in [0.25, 0.3) is 10.9 Å². The number of benzene rings is 2. The number of carbonyl (C=O) groups excluding carboxylic acids is 1. The number of aromatic amines is 1. The summed E-state index contributed by atoms with van der Waals surface area (Å²) in [4.78, 5) is 20.6. The van der Waals surface area contributed by atoms with E-state index < -0.39 is 0 Å². The smallest absolute Gasteiger partial charge is 0.317 e. The van der Waals surface area contributed by atoms with Crippen molar-refractivity contribution in [2.24, 2.45) is 0 Å². The maximum atomic E-state index is 12.7. The summed E-state index contributed by atoms with van der Waals surface area (Å²) in [7, 11) is 2.20. The van der Waals surface area contributed by atoms with Gasteiger partial charge in [-0.25, -0.2) is 4.79 Å². The zero-order chi connectivity index (χ0) is 23.8. The Morgan fingerprint density at radius 3 is 2.74 bits per heavy atom. The van der Waals surface area contributed by atoms with Gasteiger partial charge in [-0.3, -0.25) is 0 Å². The maximum Gasteiger partial charge on any atom is 0.317 e. The van der Waals surface area contributed by atoms with Crippen LogP contribution in [0.5, 0.6) is 0 Å². The van der Waals surface area contributed by atoms with Crippen LogP contribution in [0, 0.1) is 18.8 Å². The molecule has 1 fully saturated rings. The van der Waals surface area contributed by atoms with Gasteiger partial charge in [-0.15, -0.1) is 0 Å². The molecular weight excluding hydrogens is 420 g/mol. The largest absolute Gasteiger partial charge is 0.348 e. The average Bonchev–Trinajstić information content (AvgIpc) is 3.18. The Balaban J connectivity index is 1.47. The minimum absolute atomic E-state index is 0.0481. The quantitative estimate of drug-likeness (QED) is 0.567. The molecule has 0 spiro atoms. The second-order valence-corrected chi connectivity index (χ2v) is 9.74. The molecule has 2 amide bonds. The lowest BCUT2D eigenvalue weighted by molar-refractivity contribution is 0.124. The molecule has 2 N–H and O–H groups in total. The zero-order valence-electron chi connectivity index (χ0n) is 20.6. The van der Waals surface area contributed by atoms with Crippen LogP contribution in [-0.2, 0) is 6.42 Å². The van der Waals surface area contributed by atoms with Crippen LogP contribution in [0.15, 0.2) is 42.5 Å². The topological polar surface area (TPSA) is 51.4 Å². The second kappa shape index (κ2) is 9.19. The van der Waals surface area contributed by atoms with E-state index in [1.807, 2.05) is 18.7 Å². The third-order valence-corrected chi connectivity index (χ3v) is 7.58. The molecule has 1 aromatic heterocycles. The normalized spacial score (nSPS) is 21.5. The fourth-order valence-electron chi connectivity index (χ4n) is 5.87. The number of hydrogen-bond donors (Lipinski definition) is 2. The minimum Gasteiger partial charge on any atom is -0.348 e. The maximum absolute atomic E-state index is 12.7. The summed E-state index contributed by atoms with van der Waals surface area (Å²) in [5.74, 6) is 7.20. The summed E-state index contributed by atoms with van der Waals surface area (Å²) in [5, 5.41) is 4.64. The van der Waals surface area contributed by atoms with Crippen molar-refractivity contribution in [3.05, 3.63) is 70.4 Å². The lowest BCUT2D eigenvalue weighted by atomic mass is 9.73. The van der Waals surface area contributed by atoms with Crippen LogP contribution in [0.2, 0.25) is 0 Å². The number of likely N-dealkylation sites (tertiary alicyclic amines) is 1. The van der Waals surface area contributed by atoms with Crippen molar-refractivity contribution in [2.75, 3.05) is 26.7 Å². The van der Waals surface area contributed by atoms with Crippen molar-refractivity contribution in [3.8, 4) is 11.8 Å². The fourth-order valence-corrected chi connectivity index (χ4v) is 5.87. The molecule has 2 aromatic carbocycles. The van der Waals surface area contributed by atoms with Gasteiger partial charge in [0.2, 0.25) is 0 Å². The van der Waals surface area contributed by atoms with Gasteiger partial charge in [-0.2, -0.15) is 0 Å². The van der Waals surface area contributed by atoms with E-state index in [-0.39, 0.29) is 12.1 Å². The first-order valence-corrected chi connectivity index (χ1v) is 12.5. The first-order chi connectivity index (χ1) is 16.5. The molecule has 0 saturated carbocycles. The Hall–Kier alpha value is -3.23. The molecule has 0 bridgehead atoms.